The van der Waals surface area contributed by atoms with E-state index in [1.165, 1.54) is 0 Å². The van der Waals surface area contributed by atoms with Crippen LogP contribution in [0.25, 0.3) is 21.8 Å². The van der Waals surface area contributed by atoms with Gasteiger partial charge in [-0.3, -0.25) is 9.78 Å². The monoisotopic (exact) mass is 295 g/mol. The Labute approximate surface area is 127 Å². The summed E-state index contributed by atoms with van der Waals surface area (Å²) in [7, 11) is 1.82. The van der Waals surface area contributed by atoms with E-state index in [0.29, 0.717) is 12.2 Å². The highest BCUT2D eigenvalue weighted by Gasteiger charge is 2.29. The second-order valence-electron chi connectivity index (χ2n) is 5.72. The number of pyridine rings is 1. The zero-order chi connectivity index (χ0) is 15.3. The van der Waals surface area contributed by atoms with E-state index in [2.05, 4.69) is 17.1 Å². The highest BCUT2D eigenvalue weighted by molar-refractivity contribution is 6.10. The zero-order valence-electron chi connectivity index (χ0n) is 12.4. The summed E-state index contributed by atoms with van der Waals surface area (Å²) in [6.45, 7) is 1.13. The Morgan fingerprint density at radius 3 is 3.00 bits per heavy atom. The molecule has 22 heavy (non-hydrogen) atoms. The Morgan fingerprint density at radius 1 is 1.32 bits per heavy atom. The second kappa shape index (κ2) is 4.81. The van der Waals surface area contributed by atoms with E-state index in [9.17, 15) is 9.90 Å². The molecular formula is C17H17N3O2. The minimum Gasteiger partial charge on any atom is -0.395 e. The van der Waals surface area contributed by atoms with Crippen molar-refractivity contribution < 1.29 is 9.90 Å². The molecule has 112 valence electrons. The summed E-state index contributed by atoms with van der Waals surface area (Å²) in [4.78, 5) is 18.9. The van der Waals surface area contributed by atoms with Crippen molar-refractivity contribution in [2.45, 2.75) is 13.0 Å². The van der Waals surface area contributed by atoms with Gasteiger partial charge in [0.15, 0.2) is 0 Å². The van der Waals surface area contributed by atoms with Crippen LogP contribution in [0.5, 0.6) is 0 Å². The van der Waals surface area contributed by atoms with E-state index in [0.717, 1.165) is 40.3 Å². The van der Waals surface area contributed by atoms with Crippen LogP contribution in [0.1, 0.15) is 16.1 Å². The molecular weight excluding hydrogens is 278 g/mol. The molecule has 0 saturated carbocycles. The number of carbonyl (C=O) groups is 1. The molecule has 2 aromatic heterocycles. The number of aliphatic hydroxyl groups excluding tert-OH is 1. The van der Waals surface area contributed by atoms with Crippen molar-refractivity contribution in [3.05, 3.63) is 41.7 Å². The van der Waals surface area contributed by atoms with Crippen molar-refractivity contribution in [3.63, 3.8) is 0 Å². The number of benzene rings is 1. The van der Waals surface area contributed by atoms with Gasteiger partial charge in [0.2, 0.25) is 0 Å². The number of nitrogens with zero attached hydrogens (tertiary/aromatic N) is 3. The number of aliphatic hydroxyl groups is 1. The van der Waals surface area contributed by atoms with Gasteiger partial charge in [-0.2, -0.15) is 0 Å². The normalized spacial score (nSPS) is 14.8. The maximum atomic E-state index is 12.6. The lowest BCUT2D eigenvalue weighted by molar-refractivity contribution is 0.0769. The predicted molar refractivity (Wildman–Crippen MR) is 85.0 cm³/mol. The SMILES string of the molecule is CN1CCc2c(n(CCO)c3c2ccc2cccnc23)C1=O. The quantitative estimate of drug-likeness (QED) is 0.784. The van der Waals surface area contributed by atoms with Crippen LogP contribution in [0.3, 0.4) is 0 Å². The molecule has 3 heterocycles. The van der Waals surface area contributed by atoms with Crippen molar-refractivity contribution in [1.82, 2.24) is 14.5 Å². The van der Waals surface area contributed by atoms with E-state index in [1.54, 1.807) is 11.1 Å². The first-order valence-electron chi connectivity index (χ1n) is 7.47. The minimum atomic E-state index is -0.00354. The predicted octanol–water partition coefficient (Wildman–Crippen LogP) is 1.81. The molecule has 0 fully saturated rings. The van der Waals surface area contributed by atoms with Gasteiger partial charge in [0.05, 0.1) is 17.6 Å². The van der Waals surface area contributed by atoms with Gasteiger partial charge in [-0.1, -0.05) is 18.2 Å². The number of amides is 1. The molecule has 3 aromatic rings. The van der Waals surface area contributed by atoms with Crippen LogP contribution in [0.4, 0.5) is 0 Å². The fourth-order valence-corrected chi connectivity index (χ4v) is 3.43. The zero-order valence-corrected chi connectivity index (χ0v) is 12.4. The number of carbonyl (C=O) groups excluding carboxylic acids is 1. The summed E-state index contributed by atoms with van der Waals surface area (Å²) in [5.41, 5.74) is 3.63. The van der Waals surface area contributed by atoms with E-state index in [-0.39, 0.29) is 12.5 Å². The molecule has 1 aliphatic heterocycles. The van der Waals surface area contributed by atoms with Gasteiger partial charge in [0, 0.05) is 37.1 Å². The van der Waals surface area contributed by atoms with E-state index >= 15 is 0 Å². The van der Waals surface area contributed by atoms with E-state index in [1.807, 2.05) is 23.7 Å². The summed E-state index contributed by atoms with van der Waals surface area (Å²) < 4.78 is 1.94. The van der Waals surface area contributed by atoms with Gasteiger partial charge < -0.3 is 14.6 Å². The number of fused-ring (bicyclic) bond motifs is 5. The molecule has 1 aliphatic rings. The smallest absolute Gasteiger partial charge is 0.270 e. The van der Waals surface area contributed by atoms with Crippen LogP contribution < -0.4 is 0 Å². The molecule has 0 saturated heterocycles. The third kappa shape index (κ3) is 1.69. The molecule has 0 aliphatic carbocycles. The van der Waals surface area contributed by atoms with Gasteiger partial charge in [-0.25, -0.2) is 0 Å². The average Bonchev–Trinajstić information content (AvgIpc) is 2.86. The lowest BCUT2D eigenvalue weighted by Gasteiger charge is -2.24. The number of hydrogen-bond acceptors (Lipinski definition) is 3. The first-order valence-corrected chi connectivity index (χ1v) is 7.47. The Hall–Kier alpha value is -2.40. The summed E-state index contributed by atoms with van der Waals surface area (Å²) in [5, 5.41) is 11.6. The highest BCUT2D eigenvalue weighted by Crippen LogP contribution is 2.34. The number of aromatic nitrogens is 2. The average molecular weight is 295 g/mol. The number of hydrogen-bond donors (Lipinski definition) is 1. The van der Waals surface area contributed by atoms with Crippen LogP contribution in [0.15, 0.2) is 30.5 Å². The second-order valence-corrected chi connectivity index (χ2v) is 5.72. The van der Waals surface area contributed by atoms with Crippen molar-refractivity contribution >= 4 is 27.7 Å². The van der Waals surface area contributed by atoms with Crippen LogP contribution in [-0.2, 0) is 13.0 Å². The highest BCUT2D eigenvalue weighted by atomic mass is 16.3. The molecule has 0 bridgehead atoms. The van der Waals surface area contributed by atoms with Crippen LogP contribution >= 0.6 is 0 Å². The molecule has 0 atom stereocenters. The Morgan fingerprint density at radius 2 is 2.18 bits per heavy atom. The fraction of sp³-hybridized carbons (Fsp3) is 0.294. The molecule has 5 nitrogen and oxygen atoms in total. The molecule has 0 spiro atoms. The first-order chi connectivity index (χ1) is 10.7. The van der Waals surface area contributed by atoms with Gasteiger partial charge in [-0.15, -0.1) is 0 Å². The number of likely N-dealkylation sites (N-methyl/N-ethyl adjacent to an activating group) is 1. The molecule has 1 aromatic carbocycles. The first kappa shape index (κ1) is 13.3. The van der Waals surface area contributed by atoms with Crippen LogP contribution in [0, 0.1) is 0 Å². The third-order valence-corrected chi connectivity index (χ3v) is 4.47. The van der Waals surface area contributed by atoms with Crippen molar-refractivity contribution in [2.24, 2.45) is 0 Å². The molecule has 0 radical (unpaired) electrons. The van der Waals surface area contributed by atoms with Crippen LogP contribution in [-0.4, -0.2) is 45.7 Å². The molecule has 5 heteroatoms. The summed E-state index contributed by atoms with van der Waals surface area (Å²) in [6.07, 6.45) is 2.61. The Bertz CT molecular complexity index is 898. The van der Waals surface area contributed by atoms with Gasteiger partial charge >= 0.3 is 0 Å². The maximum Gasteiger partial charge on any atom is 0.270 e. The topological polar surface area (TPSA) is 58.4 Å². The fourth-order valence-electron chi connectivity index (χ4n) is 3.43. The van der Waals surface area contributed by atoms with Gasteiger partial charge in [0.1, 0.15) is 5.69 Å². The van der Waals surface area contributed by atoms with Crippen molar-refractivity contribution in [3.8, 4) is 0 Å². The number of rotatable bonds is 2. The van der Waals surface area contributed by atoms with Gasteiger partial charge in [0.25, 0.3) is 5.91 Å². The van der Waals surface area contributed by atoms with Gasteiger partial charge in [-0.05, 0) is 18.1 Å². The van der Waals surface area contributed by atoms with E-state index < -0.39 is 0 Å². The molecule has 1 N–H and O–H groups in total. The Balaban J connectivity index is 2.17. The molecule has 0 unspecified atom stereocenters. The van der Waals surface area contributed by atoms with E-state index in [4.69, 9.17) is 0 Å². The van der Waals surface area contributed by atoms with Crippen molar-refractivity contribution in [2.75, 3.05) is 20.2 Å². The summed E-state index contributed by atoms with van der Waals surface area (Å²) in [6, 6.07) is 8.05. The lowest BCUT2D eigenvalue weighted by Crippen LogP contribution is -2.35. The summed E-state index contributed by atoms with van der Waals surface area (Å²) in [5.74, 6) is 0.0231. The molecule has 1 amide bonds. The summed E-state index contributed by atoms with van der Waals surface area (Å²) >= 11 is 0. The Kier molecular flexibility index (Phi) is 2.90. The third-order valence-electron chi connectivity index (χ3n) is 4.47. The van der Waals surface area contributed by atoms with Crippen molar-refractivity contribution in [1.29, 1.82) is 0 Å². The largest absolute Gasteiger partial charge is 0.395 e. The minimum absolute atomic E-state index is 0.00354. The maximum absolute atomic E-state index is 12.6. The molecule has 4 rings (SSSR count). The lowest BCUT2D eigenvalue weighted by atomic mass is 10.0. The van der Waals surface area contributed by atoms with Crippen LogP contribution in [0.2, 0.25) is 0 Å². The standard InChI is InChI=1S/C17H17N3O2/c1-19-8-6-13-12-5-4-11-3-2-7-18-14(11)15(12)20(9-10-21)16(13)17(19)22/h2-5,7,21H,6,8-10H2,1H3.